The van der Waals surface area contributed by atoms with Gasteiger partial charge in [-0.15, -0.1) is 0 Å². The minimum absolute atomic E-state index is 0.379. The summed E-state index contributed by atoms with van der Waals surface area (Å²) in [7, 11) is 2.90. The molecule has 0 aromatic rings. The van der Waals surface area contributed by atoms with E-state index in [1.54, 1.807) is 6.92 Å². The molecule has 5 atom stereocenters. The van der Waals surface area contributed by atoms with Crippen molar-refractivity contribution in [2.45, 2.75) is 44.6 Å². The van der Waals surface area contributed by atoms with Crippen LogP contribution >= 0.6 is 0 Å². The van der Waals surface area contributed by atoms with Crippen LogP contribution in [0, 0.1) is 0 Å². The van der Waals surface area contributed by atoms with E-state index in [0.717, 1.165) is 0 Å². The van der Waals surface area contributed by atoms with Gasteiger partial charge in [-0.25, -0.2) is 0 Å². The quantitative estimate of drug-likeness (QED) is 0.675. The highest BCUT2D eigenvalue weighted by molar-refractivity contribution is 5.66. The number of methoxy groups -OCH3 is 2. The molecule has 16 heavy (non-hydrogen) atoms. The molecule has 0 aromatic carbocycles. The van der Waals surface area contributed by atoms with E-state index in [1.165, 1.54) is 21.1 Å². The van der Waals surface area contributed by atoms with Gasteiger partial charge in [0.15, 0.2) is 12.4 Å². The molecule has 0 aliphatic carbocycles. The van der Waals surface area contributed by atoms with Crippen LogP contribution in [-0.2, 0) is 23.7 Å². The summed E-state index contributed by atoms with van der Waals surface area (Å²) in [5.41, 5.74) is 0. The summed E-state index contributed by atoms with van der Waals surface area (Å²) in [4.78, 5) is 11.0. The molecule has 1 saturated heterocycles. The van der Waals surface area contributed by atoms with Gasteiger partial charge in [0.2, 0.25) is 0 Å². The average Bonchev–Trinajstić information content (AvgIpc) is 2.17. The summed E-state index contributed by atoms with van der Waals surface area (Å²) < 4.78 is 20.6. The van der Waals surface area contributed by atoms with Gasteiger partial charge in [-0.1, -0.05) is 0 Å². The van der Waals surface area contributed by atoms with Crippen molar-refractivity contribution >= 4 is 5.97 Å². The van der Waals surface area contributed by atoms with E-state index in [-0.39, 0.29) is 6.10 Å². The monoisotopic (exact) mass is 234 g/mol. The van der Waals surface area contributed by atoms with E-state index in [2.05, 4.69) is 0 Å². The fourth-order valence-corrected chi connectivity index (χ4v) is 1.89. The highest BCUT2D eigenvalue weighted by Crippen LogP contribution is 2.26. The Kier molecular flexibility index (Phi) is 4.67. The molecule has 0 saturated carbocycles. The molecule has 1 N–H and O–H groups in total. The van der Waals surface area contributed by atoms with E-state index in [4.69, 9.17) is 18.9 Å². The molecule has 1 fully saturated rings. The Bertz CT molecular complexity index is 227. The first-order valence-electron chi connectivity index (χ1n) is 5.07. The van der Waals surface area contributed by atoms with Crippen LogP contribution in [0.4, 0.5) is 0 Å². The van der Waals surface area contributed by atoms with Crippen molar-refractivity contribution in [3.8, 4) is 0 Å². The lowest BCUT2D eigenvalue weighted by Gasteiger charge is -2.41. The normalized spacial score (nSPS) is 39.4. The predicted octanol–water partition coefficient (Wildman–Crippen LogP) is -0.315. The van der Waals surface area contributed by atoms with Gasteiger partial charge in [0.1, 0.15) is 12.2 Å². The minimum Gasteiger partial charge on any atom is -0.457 e. The number of carbonyl (C=O) groups is 1. The molecule has 0 bridgehead atoms. The molecule has 94 valence electrons. The summed E-state index contributed by atoms with van der Waals surface area (Å²) in [5.74, 6) is -0.449. The number of hydrogen-bond acceptors (Lipinski definition) is 6. The maximum atomic E-state index is 11.0. The Balaban J connectivity index is 2.85. The zero-order valence-electron chi connectivity index (χ0n) is 9.88. The van der Waals surface area contributed by atoms with Gasteiger partial charge < -0.3 is 24.1 Å². The Labute approximate surface area is 94.4 Å². The lowest BCUT2D eigenvalue weighted by molar-refractivity contribution is -0.290. The number of carbonyl (C=O) groups excluding carboxylic acids is 1. The Morgan fingerprint density at radius 2 is 1.75 bits per heavy atom. The van der Waals surface area contributed by atoms with Crippen molar-refractivity contribution in [1.82, 2.24) is 0 Å². The summed E-state index contributed by atoms with van der Waals surface area (Å²) >= 11 is 0. The topological polar surface area (TPSA) is 74.2 Å². The third kappa shape index (κ3) is 2.70. The molecule has 1 aliphatic rings. The van der Waals surface area contributed by atoms with Crippen LogP contribution in [-0.4, -0.2) is 56.0 Å². The molecule has 0 unspecified atom stereocenters. The van der Waals surface area contributed by atoms with Crippen LogP contribution in [0.25, 0.3) is 0 Å². The molecule has 1 rings (SSSR count). The van der Waals surface area contributed by atoms with Crippen LogP contribution in [0.5, 0.6) is 0 Å². The molecule has 0 spiro atoms. The lowest BCUT2D eigenvalue weighted by atomic mass is 9.99. The van der Waals surface area contributed by atoms with Gasteiger partial charge in [-0.05, 0) is 6.92 Å². The zero-order valence-corrected chi connectivity index (χ0v) is 9.88. The number of aliphatic hydroxyl groups is 1. The number of hydrogen-bond donors (Lipinski definition) is 1. The predicted molar refractivity (Wildman–Crippen MR) is 53.7 cm³/mol. The van der Waals surface area contributed by atoms with Gasteiger partial charge in [0, 0.05) is 21.1 Å². The van der Waals surface area contributed by atoms with Crippen LogP contribution in [0.15, 0.2) is 0 Å². The van der Waals surface area contributed by atoms with Crippen LogP contribution < -0.4 is 0 Å². The third-order valence-corrected chi connectivity index (χ3v) is 2.59. The van der Waals surface area contributed by atoms with Gasteiger partial charge in [-0.2, -0.15) is 0 Å². The number of rotatable bonds is 3. The first-order chi connectivity index (χ1) is 7.51. The van der Waals surface area contributed by atoms with Crippen molar-refractivity contribution in [3.05, 3.63) is 0 Å². The van der Waals surface area contributed by atoms with Gasteiger partial charge in [0.05, 0.1) is 6.10 Å². The SMILES string of the molecule is CO[C@H]1[C@H](OC(C)=O)[C@H](OC)[C@@H](O)O[C@@H]1C. The highest BCUT2D eigenvalue weighted by Gasteiger charge is 2.46. The van der Waals surface area contributed by atoms with Gasteiger partial charge >= 0.3 is 5.97 Å². The van der Waals surface area contributed by atoms with E-state index < -0.39 is 30.6 Å². The van der Waals surface area contributed by atoms with E-state index in [0.29, 0.717) is 0 Å². The third-order valence-electron chi connectivity index (χ3n) is 2.59. The second-order valence-electron chi connectivity index (χ2n) is 3.71. The fourth-order valence-electron chi connectivity index (χ4n) is 1.89. The molecule has 0 radical (unpaired) electrons. The Morgan fingerprint density at radius 1 is 1.19 bits per heavy atom. The highest BCUT2D eigenvalue weighted by atomic mass is 16.7. The van der Waals surface area contributed by atoms with Crippen molar-refractivity contribution in [2.24, 2.45) is 0 Å². The maximum Gasteiger partial charge on any atom is 0.303 e. The molecule has 6 nitrogen and oxygen atoms in total. The average molecular weight is 234 g/mol. The smallest absolute Gasteiger partial charge is 0.303 e. The maximum absolute atomic E-state index is 11.0. The van der Waals surface area contributed by atoms with Gasteiger partial charge in [-0.3, -0.25) is 4.79 Å². The first kappa shape index (κ1) is 13.4. The second-order valence-corrected chi connectivity index (χ2v) is 3.71. The van der Waals surface area contributed by atoms with E-state index >= 15 is 0 Å². The minimum atomic E-state index is -1.13. The Morgan fingerprint density at radius 3 is 2.19 bits per heavy atom. The number of ether oxygens (including phenoxy) is 4. The molecular formula is C10H18O6. The van der Waals surface area contributed by atoms with Crippen molar-refractivity contribution in [3.63, 3.8) is 0 Å². The van der Waals surface area contributed by atoms with Gasteiger partial charge in [0.25, 0.3) is 0 Å². The molecular weight excluding hydrogens is 216 g/mol. The molecule has 6 heteroatoms. The molecule has 0 aromatic heterocycles. The van der Waals surface area contributed by atoms with E-state index in [9.17, 15) is 9.90 Å². The molecule has 1 heterocycles. The van der Waals surface area contributed by atoms with Crippen molar-refractivity contribution in [2.75, 3.05) is 14.2 Å². The standard InChI is InChI=1S/C10H18O6/c1-5-7(13-3)8(16-6(2)11)9(14-4)10(12)15-5/h5,7-10,12H,1-4H3/t5-,7-,8+,9+,10+/m1/s1. The van der Waals surface area contributed by atoms with Crippen LogP contribution in [0.2, 0.25) is 0 Å². The van der Waals surface area contributed by atoms with Crippen LogP contribution in [0.3, 0.4) is 0 Å². The molecule has 0 amide bonds. The zero-order chi connectivity index (χ0) is 12.3. The largest absolute Gasteiger partial charge is 0.457 e. The van der Waals surface area contributed by atoms with E-state index in [1.807, 2.05) is 0 Å². The summed E-state index contributed by atoms with van der Waals surface area (Å²) in [6.45, 7) is 3.03. The Hall–Kier alpha value is -0.690. The van der Waals surface area contributed by atoms with Crippen molar-refractivity contribution in [1.29, 1.82) is 0 Å². The number of aliphatic hydroxyl groups excluding tert-OH is 1. The second kappa shape index (κ2) is 5.58. The summed E-state index contributed by atoms with van der Waals surface area (Å²) in [5, 5.41) is 9.64. The summed E-state index contributed by atoms with van der Waals surface area (Å²) in [6.07, 6.45) is -3.39. The molecule has 1 aliphatic heterocycles. The number of esters is 1. The van der Waals surface area contributed by atoms with Crippen LogP contribution in [0.1, 0.15) is 13.8 Å². The fraction of sp³-hybridized carbons (Fsp3) is 0.900. The lowest BCUT2D eigenvalue weighted by Crippen LogP contribution is -2.59. The first-order valence-corrected chi connectivity index (χ1v) is 5.07. The summed E-state index contributed by atoms with van der Waals surface area (Å²) in [6, 6.07) is 0. The van der Waals surface area contributed by atoms with Crippen molar-refractivity contribution < 1.29 is 28.8 Å².